The molecule has 0 saturated carbocycles. The fraction of sp³-hybridized carbons (Fsp3) is 0.409. The number of nitrogens with zero attached hydrogens (tertiary/aromatic N) is 2. The summed E-state index contributed by atoms with van der Waals surface area (Å²) in [5.74, 6) is 0.0255. The Bertz CT molecular complexity index is 1040. The Hall–Kier alpha value is -2.20. The summed E-state index contributed by atoms with van der Waals surface area (Å²) in [6.45, 7) is 3.63. The maximum atomic E-state index is 13.4. The van der Waals surface area contributed by atoms with E-state index in [2.05, 4.69) is 5.32 Å². The van der Waals surface area contributed by atoms with Crippen LogP contribution < -0.4 is 10.1 Å². The van der Waals surface area contributed by atoms with Crippen LogP contribution in [-0.4, -0.2) is 69.4 Å². The van der Waals surface area contributed by atoms with Crippen LogP contribution in [0.1, 0.15) is 12.5 Å². The maximum Gasteiger partial charge on any atom is 0.243 e. The molecule has 1 aliphatic rings. The van der Waals surface area contributed by atoms with Crippen LogP contribution in [0.2, 0.25) is 5.02 Å². The number of carbonyl (C=O) groups excluding carboxylic acids is 1. The number of sulfonamides is 1. The molecule has 2 aromatic carbocycles. The largest absolute Gasteiger partial charge is 0.497 e. The zero-order chi connectivity index (χ0) is 23.3. The minimum atomic E-state index is -3.77. The van der Waals surface area contributed by atoms with Gasteiger partial charge in [0.05, 0.1) is 23.1 Å². The number of methoxy groups -OCH3 is 1. The topological polar surface area (TPSA) is 79.0 Å². The average Bonchev–Trinajstić information content (AvgIpc) is 2.80. The molecule has 1 amide bonds. The molecule has 0 aliphatic carbocycles. The molecule has 0 radical (unpaired) electrons. The molecule has 1 atom stereocenters. The summed E-state index contributed by atoms with van der Waals surface area (Å²) in [5, 5.41) is 2.71. The zero-order valence-electron chi connectivity index (χ0n) is 18.1. The highest BCUT2D eigenvalue weighted by Crippen LogP contribution is 2.23. The van der Waals surface area contributed by atoms with Gasteiger partial charge in [-0.05, 0) is 49.2 Å². The predicted octanol–water partition coefficient (Wildman–Crippen LogP) is 2.54. The van der Waals surface area contributed by atoms with Crippen molar-refractivity contribution in [1.82, 2.24) is 14.5 Å². The minimum Gasteiger partial charge on any atom is -0.497 e. The van der Waals surface area contributed by atoms with E-state index in [0.29, 0.717) is 26.1 Å². The smallest absolute Gasteiger partial charge is 0.243 e. The number of hydrogen-bond donors (Lipinski definition) is 1. The third-order valence-electron chi connectivity index (χ3n) is 5.60. The molecule has 0 spiro atoms. The summed E-state index contributed by atoms with van der Waals surface area (Å²) in [4.78, 5) is 14.5. The molecule has 174 valence electrons. The van der Waals surface area contributed by atoms with Crippen LogP contribution in [0.15, 0.2) is 47.4 Å². The van der Waals surface area contributed by atoms with E-state index in [1.54, 1.807) is 7.11 Å². The van der Waals surface area contributed by atoms with E-state index in [0.717, 1.165) is 23.4 Å². The van der Waals surface area contributed by atoms with Crippen LogP contribution in [0.25, 0.3) is 0 Å². The van der Waals surface area contributed by atoms with Gasteiger partial charge in [-0.1, -0.05) is 23.7 Å². The number of piperazine rings is 1. The molecule has 1 aliphatic heterocycles. The average molecular weight is 484 g/mol. The second-order valence-electron chi connectivity index (χ2n) is 7.58. The molecule has 7 nitrogen and oxygen atoms in total. The number of benzene rings is 2. The fourth-order valence-corrected chi connectivity index (χ4v) is 5.25. The Morgan fingerprint density at radius 1 is 1.16 bits per heavy atom. The molecule has 1 N–H and O–H groups in total. The van der Waals surface area contributed by atoms with Crippen LogP contribution in [0.4, 0.5) is 4.39 Å². The molecule has 1 saturated heterocycles. The molecule has 3 rings (SSSR count). The van der Waals surface area contributed by atoms with Gasteiger partial charge >= 0.3 is 0 Å². The Morgan fingerprint density at radius 3 is 2.41 bits per heavy atom. The summed E-state index contributed by atoms with van der Waals surface area (Å²) < 4.78 is 45.5. The van der Waals surface area contributed by atoms with Crippen molar-refractivity contribution in [1.29, 1.82) is 0 Å². The quantitative estimate of drug-likeness (QED) is 0.624. The second-order valence-corrected chi connectivity index (χ2v) is 9.93. The maximum absolute atomic E-state index is 13.4. The van der Waals surface area contributed by atoms with E-state index < -0.39 is 15.8 Å². The first-order chi connectivity index (χ1) is 15.2. The number of hydrogen-bond acceptors (Lipinski definition) is 5. The van der Waals surface area contributed by atoms with Crippen molar-refractivity contribution in [2.75, 3.05) is 39.8 Å². The van der Waals surface area contributed by atoms with Gasteiger partial charge in [-0.15, -0.1) is 0 Å². The summed E-state index contributed by atoms with van der Waals surface area (Å²) in [6, 6.07) is 10.7. The van der Waals surface area contributed by atoms with Crippen LogP contribution >= 0.6 is 11.6 Å². The third-order valence-corrected chi connectivity index (χ3v) is 7.79. The second kappa shape index (κ2) is 10.6. The van der Waals surface area contributed by atoms with Crippen LogP contribution in [0, 0.1) is 5.82 Å². The van der Waals surface area contributed by atoms with Gasteiger partial charge in [-0.3, -0.25) is 9.69 Å². The number of nitrogens with one attached hydrogen (secondary N) is 1. The molecule has 32 heavy (non-hydrogen) atoms. The lowest BCUT2D eigenvalue weighted by Crippen LogP contribution is -2.55. The number of amides is 1. The number of ether oxygens (including phenoxy) is 1. The normalized spacial score (nSPS) is 16.5. The van der Waals surface area contributed by atoms with Crippen LogP contribution in [0.5, 0.6) is 5.75 Å². The molecule has 0 bridgehead atoms. The first kappa shape index (κ1) is 24.4. The van der Waals surface area contributed by atoms with Crippen molar-refractivity contribution < 1.29 is 22.3 Å². The van der Waals surface area contributed by atoms with Gasteiger partial charge in [0, 0.05) is 32.7 Å². The molecule has 1 heterocycles. The van der Waals surface area contributed by atoms with E-state index in [1.165, 1.54) is 10.4 Å². The molecule has 1 unspecified atom stereocenters. The summed E-state index contributed by atoms with van der Waals surface area (Å²) in [6.07, 6.45) is 0.703. The Balaban J connectivity index is 1.49. The number of halogens is 2. The van der Waals surface area contributed by atoms with Gasteiger partial charge in [0.25, 0.3) is 0 Å². The lowest BCUT2D eigenvalue weighted by atomic mass is 10.1. The summed E-state index contributed by atoms with van der Waals surface area (Å²) in [7, 11) is -2.16. The van der Waals surface area contributed by atoms with E-state index in [4.69, 9.17) is 16.3 Å². The highest BCUT2D eigenvalue weighted by atomic mass is 35.5. The number of carbonyl (C=O) groups is 1. The summed E-state index contributed by atoms with van der Waals surface area (Å²) >= 11 is 5.74. The van der Waals surface area contributed by atoms with Crippen LogP contribution in [0.3, 0.4) is 0 Å². The standard InChI is InChI=1S/C22H27ClFN3O4S/c1-16(22(28)25-10-9-17-3-5-18(31-2)6-4-17)26-11-13-27(14-12-26)32(29,30)19-7-8-21(24)20(23)15-19/h3-8,15-16H,9-14H2,1-2H3,(H,25,28). The van der Waals surface area contributed by atoms with Crippen molar-refractivity contribution in [3.8, 4) is 5.75 Å². The van der Waals surface area contributed by atoms with E-state index >= 15 is 0 Å². The predicted molar refractivity (Wildman–Crippen MR) is 121 cm³/mol. The van der Waals surface area contributed by atoms with E-state index in [9.17, 15) is 17.6 Å². The van der Waals surface area contributed by atoms with E-state index in [1.807, 2.05) is 36.1 Å². The van der Waals surface area contributed by atoms with Gasteiger partial charge in [-0.25, -0.2) is 12.8 Å². The Labute approximate surface area is 193 Å². The molecule has 0 aromatic heterocycles. The Kier molecular flexibility index (Phi) is 8.10. The molecular formula is C22H27ClFN3O4S. The molecule has 2 aromatic rings. The van der Waals surface area contributed by atoms with E-state index in [-0.39, 0.29) is 35.0 Å². The zero-order valence-corrected chi connectivity index (χ0v) is 19.6. The van der Waals surface area contributed by atoms with Crippen LogP contribution in [-0.2, 0) is 21.2 Å². The fourth-order valence-electron chi connectivity index (χ4n) is 3.55. The van der Waals surface area contributed by atoms with Gasteiger partial charge in [-0.2, -0.15) is 4.31 Å². The lowest BCUT2D eigenvalue weighted by molar-refractivity contribution is -0.126. The van der Waals surface area contributed by atoms with Gasteiger partial charge < -0.3 is 10.1 Å². The minimum absolute atomic E-state index is 0.0401. The van der Waals surface area contributed by atoms with Gasteiger partial charge in [0.2, 0.25) is 15.9 Å². The first-order valence-corrected chi connectivity index (χ1v) is 12.1. The van der Waals surface area contributed by atoms with Crippen molar-refractivity contribution >= 4 is 27.5 Å². The van der Waals surface area contributed by atoms with Crippen molar-refractivity contribution in [3.05, 3.63) is 58.9 Å². The molecular weight excluding hydrogens is 457 g/mol. The third kappa shape index (κ3) is 5.78. The first-order valence-electron chi connectivity index (χ1n) is 10.3. The highest BCUT2D eigenvalue weighted by Gasteiger charge is 2.32. The summed E-state index contributed by atoms with van der Waals surface area (Å²) in [5.41, 5.74) is 1.10. The number of rotatable bonds is 8. The molecule has 10 heteroatoms. The highest BCUT2D eigenvalue weighted by molar-refractivity contribution is 7.89. The molecule has 1 fully saturated rings. The lowest BCUT2D eigenvalue weighted by Gasteiger charge is -2.36. The van der Waals surface area contributed by atoms with Crippen molar-refractivity contribution in [2.45, 2.75) is 24.3 Å². The van der Waals surface area contributed by atoms with Gasteiger partial charge in [0.1, 0.15) is 11.6 Å². The monoisotopic (exact) mass is 483 g/mol. The Morgan fingerprint density at radius 2 is 1.81 bits per heavy atom. The van der Waals surface area contributed by atoms with Crippen molar-refractivity contribution in [3.63, 3.8) is 0 Å². The SMILES string of the molecule is COc1ccc(CCNC(=O)C(C)N2CCN(S(=O)(=O)c3ccc(F)c(Cl)c3)CC2)cc1. The van der Waals surface area contributed by atoms with Gasteiger partial charge in [0.15, 0.2) is 0 Å². The van der Waals surface area contributed by atoms with Crippen molar-refractivity contribution in [2.24, 2.45) is 0 Å².